The standard InChI is InChI=1S/C12H14F3N3O4S2/c1-18(24(19,20)6-5-21-2)7-8-3-4-9(23-8)10-16-11(22-17-10)12(13,14)15/h3-4H,5-7H2,1-2H3. The second-order valence-corrected chi connectivity index (χ2v) is 8.12. The van der Waals surface area contributed by atoms with Gasteiger partial charge in [0.05, 0.1) is 17.2 Å². The third-order valence-electron chi connectivity index (χ3n) is 2.95. The molecule has 7 nitrogen and oxygen atoms in total. The van der Waals surface area contributed by atoms with E-state index >= 15 is 0 Å². The van der Waals surface area contributed by atoms with Gasteiger partial charge in [0, 0.05) is 25.6 Å². The van der Waals surface area contributed by atoms with Crippen LogP contribution in [0.1, 0.15) is 10.8 Å². The minimum atomic E-state index is -4.71. The summed E-state index contributed by atoms with van der Waals surface area (Å²) in [7, 11) is -0.654. The lowest BCUT2D eigenvalue weighted by Crippen LogP contribution is -2.30. The molecule has 24 heavy (non-hydrogen) atoms. The van der Waals surface area contributed by atoms with E-state index in [2.05, 4.69) is 14.7 Å². The third-order valence-corrected chi connectivity index (χ3v) is 5.78. The van der Waals surface area contributed by atoms with Crippen molar-refractivity contribution in [1.82, 2.24) is 14.4 Å². The second kappa shape index (κ2) is 7.17. The molecule has 0 aliphatic heterocycles. The van der Waals surface area contributed by atoms with Crippen LogP contribution in [-0.2, 0) is 27.5 Å². The largest absolute Gasteiger partial charge is 0.471 e. The van der Waals surface area contributed by atoms with Crippen molar-refractivity contribution in [3.05, 3.63) is 22.9 Å². The SMILES string of the molecule is COCCS(=O)(=O)N(C)Cc1ccc(-c2noc(C(F)(F)F)n2)s1. The summed E-state index contributed by atoms with van der Waals surface area (Å²) in [4.78, 5) is 4.28. The van der Waals surface area contributed by atoms with Crippen molar-refractivity contribution in [2.75, 3.05) is 26.5 Å². The lowest BCUT2D eigenvalue weighted by molar-refractivity contribution is -0.159. The summed E-state index contributed by atoms with van der Waals surface area (Å²) >= 11 is 1.09. The van der Waals surface area contributed by atoms with Crippen LogP contribution in [0.15, 0.2) is 16.7 Å². The van der Waals surface area contributed by atoms with Gasteiger partial charge in [-0.3, -0.25) is 0 Å². The van der Waals surface area contributed by atoms with Gasteiger partial charge >= 0.3 is 12.1 Å². The lowest BCUT2D eigenvalue weighted by atomic mass is 10.4. The maximum absolute atomic E-state index is 12.5. The Kier molecular flexibility index (Phi) is 5.63. The number of ether oxygens (including phenoxy) is 1. The molecule has 2 rings (SSSR count). The minimum absolute atomic E-state index is 0.0748. The molecule has 2 heterocycles. The number of aromatic nitrogens is 2. The lowest BCUT2D eigenvalue weighted by Gasteiger charge is -2.15. The molecule has 0 radical (unpaired) electrons. The molecule has 0 unspecified atom stereocenters. The molecule has 0 aromatic carbocycles. The smallest absolute Gasteiger partial charge is 0.384 e. The van der Waals surface area contributed by atoms with E-state index in [4.69, 9.17) is 4.74 Å². The Morgan fingerprint density at radius 1 is 1.38 bits per heavy atom. The van der Waals surface area contributed by atoms with E-state index in [0.29, 0.717) is 9.75 Å². The number of nitrogens with zero attached hydrogens (tertiary/aromatic N) is 3. The summed E-state index contributed by atoms with van der Waals surface area (Å²) in [5, 5.41) is 3.29. The van der Waals surface area contributed by atoms with Gasteiger partial charge in [-0.25, -0.2) is 8.42 Å². The summed E-state index contributed by atoms with van der Waals surface area (Å²) in [6.07, 6.45) is -4.71. The Morgan fingerprint density at radius 3 is 2.67 bits per heavy atom. The monoisotopic (exact) mass is 385 g/mol. The number of hydrogen-bond donors (Lipinski definition) is 0. The van der Waals surface area contributed by atoms with Gasteiger partial charge in [0.25, 0.3) is 0 Å². The molecule has 0 aliphatic rings. The van der Waals surface area contributed by atoms with Gasteiger partial charge in [-0.05, 0) is 12.1 Å². The normalized spacial score (nSPS) is 12.9. The Hall–Kier alpha value is -1.50. The number of thiophene rings is 1. The fourth-order valence-corrected chi connectivity index (χ4v) is 3.78. The number of sulfonamides is 1. The first-order valence-corrected chi connectivity index (χ1v) is 8.99. The van der Waals surface area contributed by atoms with Crippen molar-refractivity contribution >= 4 is 21.4 Å². The van der Waals surface area contributed by atoms with Gasteiger partial charge in [-0.2, -0.15) is 22.5 Å². The summed E-state index contributed by atoms with van der Waals surface area (Å²) in [6.45, 7) is 0.159. The zero-order chi connectivity index (χ0) is 18.0. The van der Waals surface area contributed by atoms with E-state index in [1.807, 2.05) is 0 Å². The number of hydrogen-bond acceptors (Lipinski definition) is 7. The van der Waals surface area contributed by atoms with Crippen molar-refractivity contribution in [3.63, 3.8) is 0 Å². The first kappa shape index (κ1) is 18.8. The van der Waals surface area contributed by atoms with Crippen LogP contribution in [0.5, 0.6) is 0 Å². The highest BCUT2D eigenvalue weighted by Crippen LogP contribution is 2.32. The molecule has 0 amide bonds. The van der Waals surface area contributed by atoms with Gasteiger partial charge < -0.3 is 9.26 Å². The van der Waals surface area contributed by atoms with Crippen LogP contribution < -0.4 is 0 Å². The average Bonchev–Trinajstić information content (AvgIpc) is 3.12. The van der Waals surface area contributed by atoms with Gasteiger partial charge in [-0.1, -0.05) is 5.16 Å². The molecule has 0 spiro atoms. The van der Waals surface area contributed by atoms with Crippen LogP contribution in [0.3, 0.4) is 0 Å². The van der Waals surface area contributed by atoms with Crippen LogP contribution in [0.25, 0.3) is 10.7 Å². The molecule has 0 atom stereocenters. The molecular formula is C12H14F3N3O4S2. The van der Waals surface area contributed by atoms with Crippen molar-refractivity contribution in [3.8, 4) is 10.7 Å². The Labute approximate surface area is 140 Å². The first-order valence-electron chi connectivity index (χ1n) is 6.56. The quantitative estimate of drug-likeness (QED) is 0.727. The first-order chi connectivity index (χ1) is 11.1. The fraction of sp³-hybridized carbons (Fsp3) is 0.500. The Bertz CT molecular complexity index is 786. The number of alkyl halides is 3. The predicted octanol–water partition coefficient (Wildman–Crippen LogP) is 2.22. The maximum atomic E-state index is 12.5. The van der Waals surface area contributed by atoms with Gasteiger partial charge in [0.15, 0.2) is 0 Å². The van der Waals surface area contributed by atoms with Crippen molar-refractivity contribution < 1.29 is 30.8 Å². The van der Waals surface area contributed by atoms with Crippen LogP contribution in [0, 0.1) is 0 Å². The van der Waals surface area contributed by atoms with E-state index in [0.717, 1.165) is 15.6 Å². The van der Waals surface area contributed by atoms with E-state index in [1.165, 1.54) is 20.2 Å². The fourth-order valence-electron chi connectivity index (χ4n) is 1.68. The number of halogens is 3. The highest BCUT2D eigenvalue weighted by molar-refractivity contribution is 7.89. The van der Waals surface area contributed by atoms with Crippen LogP contribution >= 0.6 is 11.3 Å². The summed E-state index contributed by atoms with van der Waals surface area (Å²) in [6, 6.07) is 3.12. The molecule has 2 aromatic rings. The molecule has 0 bridgehead atoms. The predicted molar refractivity (Wildman–Crippen MR) is 79.7 cm³/mol. The second-order valence-electron chi connectivity index (χ2n) is 4.75. The average molecular weight is 385 g/mol. The molecule has 0 N–H and O–H groups in total. The summed E-state index contributed by atoms with van der Waals surface area (Å²) < 4.78 is 71.4. The topological polar surface area (TPSA) is 85.5 Å². The van der Waals surface area contributed by atoms with E-state index < -0.39 is 22.1 Å². The van der Waals surface area contributed by atoms with Gasteiger partial charge in [-0.15, -0.1) is 11.3 Å². The molecule has 0 saturated heterocycles. The molecule has 12 heteroatoms. The number of methoxy groups -OCH3 is 1. The van der Waals surface area contributed by atoms with Gasteiger partial charge in [0.1, 0.15) is 0 Å². The summed E-state index contributed by atoms with van der Waals surface area (Å²) in [5.74, 6) is -1.77. The minimum Gasteiger partial charge on any atom is -0.384 e. The Balaban J connectivity index is 2.09. The zero-order valence-electron chi connectivity index (χ0n) is 12.7. The highest BCUT2D eigenvalue weighted by atomic mass is 32.2. The van der Waals surface area contributed by atoms with E-state index in [9.17, 15) is 21.6 Å². The molecule has 134 valence electrons. The van der Waals surface area contributed by atoms with Crippen LogP contribution in [-0.4, -0.2) is 49.4 Å². The van der Waals surface area contributed by atoms with E-state index in [1.54, 1.807) is 6.07 Å². The van der Waals surface area contributed by atoms with E-state index in [-0.39, 0.29) is 24.7 Å². The molecule has 0 aliphatic carbocycles. The summed E-state index contributed by atoms with van der Waals surface area (Å²) in [5.41, 5.74) is 0. The van der Waals surface area contributed by atoms with Crippen molar-refractivity contribution in [1.29, 1.82) is 0 Å². The Morgan fingerprint density at radius 2 is 2.08 bits per heavy atom. The van der Waals surface area contributed by atoms with Crippen molar-refractivity contribution in [2.45, 2.75) is 12.7 Å². The molecule has 0 fully saturated rings. The molecule has 0 saturated carbocycles. The molecular weight excluding hydrogens is 371 g/mol. The highest BCUT2D eigenvalue weighted by Gasteiger charge is 2.38. The third kappa shape index (κ3) is 4.53. The zero-order valence-corrected chi connectivity index (χ0v) is 14.3. The van der Waals surface area contributed by atoms with Crippen molar-refractivity contribution in [2.24, 2.45) is 0 Å². The van der Waals surface area contributed by atoms with Crippen LogP contribution in [0.4, 0.5) is 13.2 Å². The maximum Gasteiger partial charge on any atom is 0.471 e. The molecule has 2 aromatic heterocycles. The number of rotatable bonds is 7. The van der Waals surface area contributed by atoms with Gasteiger partial charge in [0.2, 0.25) is 15.8 Å². The van der Waals surface area contributed by atoms with Crippen LogP contribution in [0.2, 0.25) is 0 Å².